The van der Waals surface area contributed by atoms with E-state index in [1.54, 1.807) is 7.11 Å². The van der Waals surface area contributed by atoms with Gasteiger partial charge in [0, 0.05) is 31.5 Å². The second-order valence-electron chi connectivity index (χ2n) is 4.92. The van der Waals surface area contributed by atoms with Gasteiger partial charge in [0.25, 0.3) is 0 Å². The van der Waals surface area contributed by atoms with Gasteiger partial charge in [-0.15, -0.1) is 0 Å². The van der Waals surface area contributed by atoms with Crippen LogP contribution in [0.4, 0.5) is 0 Å². The molecular formula is C15H23N3O. The fourth-order valence-corrected chi connectivity index (χ4v) is 2.50. The van der Waals surface area contributed by atoms with E-state index < -0.39 is 0 Å². The molecule has 0 aliphatic rings. The van der Waals surface area contributed by atoms with Crippen LogP contribution in [0, 0.1) is 5.92 Å². The first-order valence-electron chi connectivity index (χ1n) is 6.92. The summed E-state index contributed by atoms with van der Waals surface area (Å²) in [5, 5.41) is 8.01. The molecule has 104 valence electrons. The zero-order valence-corrected chi connectivity index (χ0v) is 12.0. The lowest BCUT2D eigenvalue weighted by atomic mass is 9.93. The maximum absolute atomic E-state index is 5.20. The summed E-state index contributed by atoms with van der Waals surface area (Å²) in [6.07, 6.45) is 5.01. The SMILES string of the molecule is CCNC(c1cnn2ccccc12)C(C)CCOC. The molecular weight excluding hydrogens is 238 g/mol. The van der Waals surface area contributed by atoms with Crippen molar-refractivity contribution in [1.29, 1.82) is 0 Å². The summed E-state index contributed by atoms with van der Waals surface area (Å²) in [6.45, 7) is 6.15. The summed E-state index contributed by atoms with van der Waals surface area (Å²) < 4.78 is 7.13. The Labute approximate surface area is 114 Å². The normalized spacial score (nSPS) is 14.7. The summed E-state index contributed by atoms with van der Waals surface area (Å²) in [6, 6.07) is 6.50. The Morgan fingerprint density at radius 2 is 2.26 bits per heavy atom. The van der Waals surface area contributed by atoms with Crippen LogP contribution in [0.25, 0.3) is 5.52 Å². The van der Waals surface area contributed by atoms with Crippen LogP contribution < -0.4 is 5.32 Å². The molecule has 2 aromatic heterocycles. The molecule has 0 radical (unpaired) electrons. The van der Waals surface area contributed by atoms with Gasteiger partial charge in [-0.2, -0.15) is 5.10 Å². The van der Waals surface area contributed by atoms with Crippen LogP contribution in [0.3, 0.4) is 0 Å². The molecule has 0 spiro atoms. The van der Waals surface area contributed by atoms with E-state index in [-0.39, 0.29) is 0 Å². The average molecular weight is 261 g/mol. The summed E-state index contributed by atoms with van der Waals surface area (Å²) >= 11 is 0. The van der Waals surface area contributed by atoms with Gasteiger partial charge in [-0.1, -0.05) is 19.9 Å². The minimum atomic E-state index is 0.319. The molecule has 2 heterocycles. The van der Waals surface area contributed by atoms with E-state index in [4.69, 9.17) is 4.74 Å². The van der Waals surface area contributed by atoms with Gasteiger partial charge in [-0.25, -0.2) is 4.52 Å². The highest BCUT2D eigenvalue weighted by Crippen LogP contribution is 2.27. The van der Waals surface area contributed by atoms with Crippen LogP contribution in [0.2, 0.25) is 0 Å². The predicted molar refractivity (Wildman–Crippen MR) is 77.3 cm³/mol. The zero-order valence-electron chi connectivity index (χ0n) is 12.0. The second kappa shape index (κ2) is 6.68. The number of hydrogen-bond donors (Lipinski definition) is 1. The molecule has 0 aliphatic carbocycles. The van der Waals surface area contributed by atoms with Crippen molar-refractivity contribution in [3.05, 3.63) is 36.2 Å². The fraction of sp³-hybridized carbons (Fsp3) is 0.533. The highest BCUT2D eigenvalue weighted by molar-refractivity contribution is 5.55. The smallest absolute Gasteiger partial charge is 0.0709 e. The third-order valence-electron chi connectivity index (χ3n) is 3.56. The molecule has 0 saturated heterocycles. The minimum Gasteiger partial charge on any atom is -0.385 e. The maximum Gasteiger partial charge on any atom is 0.0709 e. The molecule has 0 amide bonds. The van der Waals surface area contributed by atoms with Crippen molar-refractivity contribution < 1.29 is 4.74 Å². The lowest BCUT2D eigenvalue weighted by molar-refractivity contribution is 0.170. The molecule has 4 heteroatoms. The monoisotopic (exact) mass is 261 g/mol. The Morgan fingerprint density at radius 3 is 3.00 bits per heavy atom. The number of fused-ring (bicyclic) bond motifs is 1. The lowest BCUT2D eigenvalue weighted by Crippen LogP contribution is -2.27. The fourth-order valence-electron chi connectivity index (χ4n) is 2.50. The summed E-state index contributed by atoms with van der Waals surface area (Å²) in [7, 11) is 1.75. The standard InChI is InChI=1S/C15H23N3O/c1-4-16-15(12(2)8-10-19-3)13-11-17-18-9-6-5-7-14(13)18/h5-7,9,11-12,15-16H,4,8,10H2,1-3H3. The number of aromatic nitrogens is 2. The molecule has 0 aromatic carbocycles. The molecule has 19 heavy (non-hydrogen) atoms. The van der Waals surface area contributed by atoms with Gasteiger partial charge in [0.15, 0.2) is 0 Å². The molecule has 0 saturated carbocycles. The van der Waals surface area contributed by atoms with Crippen molar-refractivity contribution in [2.75, 3.05) is 20.3 Å². The van der Waals surface area contributed by atoms with Gasteiger partial charge in [0.2, 0.25) is 0 Å². The average Bonchev–Trinajstić information content (AvgIpc) is 2.86. The summed E-state index contributed by atoms with van der Waals surface area (Å²) in [5.41, 5.74) is 2.45. The molecule has 0 bridgehead atoms. The van der Waals surface area contributed by atoms with E-state index in [0.29, 0.717) is 12.0 Å². The van der Waals surface area contributed by atoms with Crippen molar-refractivity contribution in [1.82, 2.24) is 14.9 Å². The number of pyridine rings is 1. The number of nitrogens with one attached hydrogen (secondary N) is 1. The van der Waals surface area contributed by atoms with Gasteiger partial charge < -0.3 is 10.1 Å². The van der Waals surface area contributed by atoms with E-state index in [2.05, 4.69) is 36.4 Å². The summed E-state index contributed by atoms with van der Waals surface area (Å²) in [4.78, 5) is 0. The topological polar surface area (TPSA) is 38.6 Å². The molecule has 4 nitrogen and oxygen atoms in total. The van der Waals surface area contributed by atoms with Crippen molar-refractivity contribution in [3.8, 4) is 0 Å². The number of rotatable bonds is 7. The number of methoxy groups -OCH3 is 1. The molecule has 0 aliphatic heterocycles. The Morgan fingerprint density at radius 1 is 1.42 bits per heavy atom. The van der Waals surface area contributed by atoms with Crippen molar-refractivity contribution in [2.45, 2.75) is 26.3 Å². The molecule has 2 unspecified atom stereocenters. The van der Waals surface area contributed by atoms with Crippen LogP contribution in [-0.2, 0) is 4.74 Å². The van der Waals surface area contributed by atoms with E-state index >= 15 is 0 Å². The van der Waals surface area contributed by atoms with Crippen LogP contribution in [0.1, 0.15) is 31.9 Å². The maximum atomic E-state index is 5.20. The van der Waals surface area contributed by atoms with Gasteiger partial charge in [0.05, 0.1) is 11.7 Å². The van der Waals surface area contributed by atoms with Crippen LogP contribution in [0.5, 0.6) is 0 Å². The Bertz CT molecular complexity index is 509. The largest absolute Gasteiger partial charge is 0.385 e. The first-order chi connectivity index (χ1) is 9.27. The van der Waals surface area contributed by atoms with Gasteiger partial charge in [-0.3, -0.25) is 0 Å². The summed E-state index contributed by atoms with van der Waals surface area (Å²) in [5.74, 6) is 0.508. The molecule has 2 rings (SSSR count). The molecule has 0 fully saturated rings. The van der Waals surface area contributed by atoms with Gasteiger partial charge in [0.1, 0.15) is 0 Å². The van der Waals surface area contributed by atoms with Crippen LogP contribution >= 0.6 is 0 Å². The Kier molecular flexibility index (Phi) is 4.93. The first-order valence-corrected chi connectivity index (χ1v) is 6.92. The molecule has 2 aromatic rings. The van der Waals surface area contributed by atoms with Gasteiger partial charge in [-0.05, 0) is 31.0 Å². The Hall–Kier alpha value is -1.39. The number of hydrogen-bond acceptors (Lipinski definition) is 3. The van der Waals surface area contributed by atoms with E-state index in [1.165, 1.54) is 11.1 Å². The highest BCUT2D eigenvalue weighted by atomic mass is 16.5. The molecule has 2 atom stereocenters. The second-order valence-corrected chi connectivity index (χ2v) is 4.92. The quantitative estimate of drug-likeness (QED) is 0.832. The Balaban J connectivity index is 2.27. The van der Waals surface area contributed by atoms with E-state index in [1.807, 2.05) is 23.0 Å². The van der Waals surface area contributed by atoms with Crippen molar-refractivity contribution >= 4 is 5.52 Å². The number of ether oxygens (including phenoxy) is 1. The molecule has 1 N–H and O–H groups in total. The third-order valence-corrected chi connectivity index (χ3v) is 3.56. The predicted octanol–water partition coefficient (Wildman–Crippen LogP) is 2.66. The minimum absolute atomic E-state index is 0.319. The van der Waals surface area contributed by atoms with Crippen molar-refractivity contribution in [2.24, 2.45) is 5.92 Å². The third kappa shape index (κ3) is 3.14. The first kappa shape index (κ1) is 14.0. The highest BCUT2D eigenvalue weighted by Gasteiger charge is 2.21. The lowest BCUT2D eigenvalue weighted by Gasteiger charge is -2.24. The van der Waals surface area contributed by atoms with E-state index in [0.717, 1.165) is 19.6 Å². The van der Waals surface area contributed by atoms with Crippen molar-refractivity contribution in [3.63, 3.8) is 0 Å². The zero-order chi connectivity index (χ0) is 13.7. The van der Waals surface area contributed by atoms with E-state index in [9.17, 15) is 0 Å². The number of nitrogens with zero attached hydrogens (tertiary/aromatic N) is 2. The van der Waals surface area contributed by atoms with Crippen LogP contribution in [-0.4, -0.2) is 29.9 Å². The van der Waals surface area contributed by atoms with Crippen LogP contribution in [0.15, 0.2) is 30.6 Å². The van der Waals surface area contributed by atoms with Gasteiger partial charge >= 0.3 is 0 Å².